The molecule has 0 heterocycles. The van der Waals surface area contributed by atoms with Crippen LogP contribution in [-0.2, 0) is 6.61 Å². The maximum Gasteiger partial charge on any atom is 0.129 e. The maximum atomic E-state index is 13.5. The number of benzene rings is 2. The van der Waals surface area contributed by atoms with Crippen molar-refractivity contribution in [2.75, 3.05) is 7.11 Å². The van der Waals surface area contributed by atoms with Gasteiger partial charge < -0.3 is 14.6 Å². The quantitative estimate of drug-likeness (QED) is 0.908. The first-order valence-electron chi connectivity index (χ1n) is 6.34. The van der Waals surface area contributed by atoms with E-state index >= 15 is 0 Å². The molecule has 0 aliphatic rings. The van der Waals surface area contributed by atoms with E-state index in [4.69, 9.17) is 9.47 Å². The molecule has 0 spiro atoms. The molecule has 0 unspecified atom stereocenters. The highest BCUT2D eigenvalue weighted by Gasteiger charge is 2.11. The largest absolute Gasteiger partial charge is 0.497 e. The third-order valence-electron chi connectivity index (χ3n) is 3.01. The third-order valence-corrected chi connectivity index (χ3v) is 3.01. The Kier molecular flexibility index (Phi) is 4.58. The Morgan fingerprint density at radius 2 is 1.95 bits per heavy atom. The molecule has 1 atom stereocenters. The number of aliphatic hydroxyl groups excluding tert-OH is 1. The molecule has 0 aliphatic heterocycles. The number of ether oxygens (including phenoxy) is 2. The Morgan fingerprint density at radius 3 is 2.60 bits per heavy atom. The molecule has 1 N–H and O–H groups in total. The summed E-state index contributed by atoms with van der Waals surface area (Å²) in [4.78, 5) is 0. The minimum absolute atomic E-state index is 0.0968. The summed E-state index contributed by atoms with van der Waals surface area (Å²) in [7, 11) is 1.55. The average Bonchev–Trinajstić information content (AvgIpc) is 2.46. The first-order valence-corrected chi connectivity index (χ1v) is 6.34. The second kappa shape index (κ2) is 6.39. The summed E-state index contributed by atoms with van der Waals surface area (Å²) in [5, 5.41) is 9.73. The van der Waals surface area contributed by atoms with E-state index in [2.05, 4.69) is 0 Å². The normalized spacial score (nSPS) is 12.0. The van der Waals surface area contributed by atoms with E-state index in [1.54, 1.807) is 50.4 Å². The lowest BCUT2D eigenvalue weighted by Crippen LogP contribution is -2.03. The predicted molar refractivity (Wildman–Crippen MR) is 74.4 cm³/mol. The summed E-state index contributed by atoms with van der Waals surface area (Å²) >= 11 is 0. The van der Waals surface area contributed by atoms with Gasteiger partial charge in [0, 0.05) is 17.2 Å². The molecular weight excluding hydrogens is 259 g/mol. The Bertz CT molecular complexity index is 582. The molecule has 2 aromatic rings. The fourth-order valence-electron chi connectivity index (χ4n) is 1.88. The maximum absolute atomic E-state index is 13.5. The number of hydrogen-bond acceptors (Lipinski definition) is 3. The zero-order valence-corrected chi connectivity index (χ0v) is 11.5. The van der Waals surface area contributed by atoms with Crippen LogP contribution >= 0.6 is 0 Å². The standard InChI is InChI=1S/C16H17FO3/c1-11(18)14-8-7-13(19-2)9-16(14)20-10-12-5-3-4-6-15(12)17/h3-9,11,18H,10H2,1-2H3/t11-/m1/s1. The topological polar surface area (TPSA) is 38.7 Å². The van der Waals surface area contributed by atoms with E-state index in [-0.39, 0.29) is 12.4 Å². The van der Waals surface area contributed by atoms with Gasteiger partial charge in [0.15, 0.2) is 0 Å². The van der Waals surface area contributed by atoms with Crippen LogP contribution in [0, 0.1) is 5.82 Å². The van der Waals surface area contributed by atoms with Crippen molar-refractivity contribution in [1.29, 1.82) is 0 Å². The molecule has 0 aromatic heterocycles. The minimum atomic E-state index is -0.670. The average molecular weight is 276 g/mol. The first-order chi connectivity index (χ1) is 9.61. The molecular formula is C16H17FO3. The van der Waals surface area contributed by atoms with Crippen molar-refractivity contribution in [2.24, 2.45) is 0 Å². The van der Waals surface area contributed by atoms with Gasteiger partial charge in [0.25, 0.3) is 0 Å². The van der Waals surface area contributed by atoms with Gasteiger partial charge >= 0.3 is 0 Å². The lowest BCUT2D eigenvalue weighted by Gasteiger charge is -2.15. The van der Waals surface area contributed by atoms with Gasteiger partial charge in [-0.05, 0) is 25.1 Å². The fraction of sp³-hybridized carbons (Fsp3) is 0.250. The molecule has 20 heavy (non-hydrogen) atoms. The highest BCUT2D eigenvalue weighted by atomic mass is 19.1. The van der Waals surface area contributed by atoms with Crippen LogP contribution in [0.2, 0.25) is 0 Å². The molecule has 0 bridgehead atoms. The van der Waals surface area contributed by atoms with E-state index in [0.717, 1.165) is 0 Å². The van der Waals surface area contributed by atoms with Gasteiger partial charge in [-0.2, -0.15) is 0 Å². The monoisotopic (exact) mass is 276 g/mol. The third kappa shape index (κ3) is 3.27. The zero-order valence-electron chi connectivity index (χ0n) is 11.5. The second-order valence-corrected chi connectivity index (χ2v) is 4.46. The number of halogens is 1. The highest BCUT2D eigenvalue weighted by molar-refractivity contribution is 5.42. The van der Waals surface area contributed by atoms with Crippen molar-refractivity contribution in [1.82, 2.24) is 0 Å². The van der Waals surface area contributed by atoms with E-state index < -0.39 is 6.10 Å². The molecule has 0 amide bonds. The van der Waals surface area contributed by atoms with Crippen LogP contribution in [0.3, 0.4) is 0 Å². The molecule has 3 nitrogen and oxygen atoms in total. The molecule has 2 aromatic carbocycles. The first kappa shape index (κ1) is 14.3. The van der Waals surface area contributed by atoms with Gasteiger partial charge in [-0.1, -0.05) is 18.2 Å². The molecule has 0 aliphatic carbocycles. The summed E-state index contributed by atoms with van der Waals surface area (Å²) < 4.78 is 24.3. The van der Waals surface area contributed by atoms with Crippen molar-refractivity contribution < 1.29 is 19.0 Å². The summed E-state index contributed by atoms with van der Waals surface area (Å²) in [6.07, 6.45) is -0.670. The lowest BCUT2D eigenvalue weighted by atomic mass is 10.1. The van der Waals surface area contributed by atoms with Gasteiger partial charge in [0.2, 0.25) is 0 Å². The van der Waals surface area contributed by atoms with Gasteiger partial charge in [-0.15, -0.1) is 0 Å². The van der Waals surface area contributed by atoms with Gasteiger partial charge in [0.1, 0.15) is 23.9 Å². The Labute approximate surface area is 117 Å². The summed E-state index contributed by atoms with van der Waals surface area (Å²) in [6, 6.07) is 11.6. The molecule has 0 fully saturated rings. The molecule has 0 saturated heterocycles. The molecule has 0 radical (unpaired) electrons. The van der Waals surface area contributed by atoms with Gasteiger partial charge in [0.05, 0.1) is 13.2 Å². The predicted octanol–water partition coefficient (Wildman–Crippen LogP) is 3.47. The summed E-state index contributed by atoms with van der Waals surface area (Å²) in [5.74, 6) is 0.800. The smallest absolute Gasteiger partial charge is 0.129 e. The SMILES string of the molecule is COc1ccc([C@@H](C)O)c(OCc2ccccc2F)c1. The van der Waals surface area contributed by atoms with Crippen LogP contribution in [-0.4, -0.2) is 12.2 Å². The van der Waals surface area contributed by atoms with Crippen molar-refractivity contribution in [3.8, 4) is 11.5 Å². The van der Waals surface area contributed by atoms with Crippen LogP contribution in [0.4, 0.5) is 4.39 Å². The molecule has 4 heteroatoms. The fourth-order valence-corrected chi connectivity index (χ4v) is 1.88. The minimum Gasteiger partial charge on any atom is -0.497 e. The van der Waals surface area contributed by atoms with Crippen LogP contribution in [0.1, 0.15) is 24.2 Å². The van der Waals surface area contributed by atoms with Gasteiger partial charge in [-0.25, -0.2) is 4.39 Å². The second-order valence-electron chi connectivity index (χ2n) is 4.46. The number of hydrogen-bond donors (Lipinski definition) is 1. The van der Waals surface area contributed by atoms with Crippen LogP contribution in [0.5, 0.6) is 11.5 Å². The van der Waals surface area contributed by atoms with Crippen molar-refractivity contribution in [3.63, 3.8) is 0 Å². The Hall–Kier alpha value is -2.07. The van der Waals surface area contributed by atoms with E-state index in [1.165, 1.54) is 6.07 Å². The molecule has 0 saturated carbocycles. The molecule has 106 valence electrons. The van der Waals surface area contributed by atoms with E-state index in [0.29, 0.717) is 22.6 Å². The highest BCUT2D eigenvalue weighted by Crippen LogP contribution is 2.30. The van der Waals surface area contributed by atoms with Crippen LogP contribution in [0.15, 0.2) is 42.5 Å². The summed E-state index contributed by atoms with van der Waals surface area (Å²) in [5.41, 5.74) is 1.11. The Morgan fingerprint density at radius 1 is 1.20 bits per heavy atom. The van der Waals surface area contributed by atoms with E-state index in [9.17, 15) is 9.50 Å². The van der Waals surface area contributed by atoms with Crippen molar-refractivity contribution in [2.45, 2.75) is 19.6 Å². The Balaban J connectivity index is 2.21. The number of aliphatic hydroxyl groups is 1. The van der Waals surface area contributed by atoms with E-state index in [1.807, 2.05) is 0 Å². The van der Waals surface area contributed by atoms with Crippen molar-refractivity contribution in [3.05, 3.63) is 59.4 Å². The van der Waals surface area contributed by atoms with Crippen LogP contribution in [0.25, 0.3) is 0 Å². The molecule has 2 rings (SSSR count). The number of rotatable bonds is 5. The lowest BCUT2D eigenvalue weighted by molar-refractivity contribution is 0.189. The number of methoxy groups -OCH3 is 1. The zero-order chi connectivity index (χ0) is 14.5. The van der Waals surface area contributed by atoms with Crippen LogP contribution < -0.4 is 9.47 Å². The van der Waals surface area contributed by atoms with Gasteiger partial charge in [-0.3, -0.25) is 0 Å². The van der Waals surface area contributed by atoms with Crippen molar-refractivity contribution >= 4 is 0 Å². The summed E-state index contributed by atoms with van der Waals surface area (Å²) in [6.45, 7) is 1.75.